The zero-order chi connectivity index (χ0) is 14.1. The Morgan fingerprint density at radius 1 is 1.28 bits per heavy atom. The number of rotatable bonds is 3. The molecule has 0 saturated carbocycles. The van der Waals surface area contributed by atoms with Crippen molar-refractivity contribution in [1.29, 1.82) is 0 Å². The number of halogens is 2. The fourth-order valence-electron chi connectivity index (χ4n) is 1.61. The SMILES string of the molecule is COc1ccc(C(F)(F)C(=O)O)cc1C(C)(C)C. The minimum Gasteiger partial charge on any atom is -0.496 e. The molecule has 1 aromatic carbocycles. The molecule has 0 aliphatic rings. The number of benzene rings is 1. The van der Waals surface area contributed by atoms with Crippen LogP contribution in [0.3, 0.4) is 0 Å². The zero-order valence-electron chi connectivity index (χ0n) is 10.8. The summed E-state index contributed by atoms with van der Waals surface area (Å²) >= 11 is 0. The van der Waals surface area contributed by atoms with Crippen molar-refractivity contribution in [2.24, 2.45) is 0 Å². The molecular formula is C13H16F2O3. The number of carboxylic acids is 1. The first kappa shape index (κ1) is 14.4. The van der Waals surface area contributed by atoms with Crippen LogP contribution < -0.4 is 4.74 Å². The molecule has 1 aromatic rings. The van der Waals surface area contributed by atoms with Crippen molar-refractivity contribution < 1.29 is 23.4 Å². The number of hydrogen-bond acceptors (Lipinski definition) is 2. The number of aliphatic carboxylic acids is 1. The van der Waals surface area contributed by atoms with Crippen LogP contribution in [-0.2, 0) is 16.1 Å². The molecule has 1 rings (SSSR count). The van der Waals surface area contributed by atoms with E-state index in [1.165, 1.54) is 19.2 Å². The number of methoxy groups -OCH3 is 1. The Bertz CT molecular complexity index is 462. The molecule has 0 heterocycles. The fraction of sp³-hybridized carbons (Fsp3) is 0.462. The van der Waals surface area contributed by atoms with Gasteiger partial charge in [0.15, 0.2) is 0 Å². The molecule has 0 unspecified atom stereocenters. The van der Waals surface area contributed by atoms with E-state index < -0.39 is 22.9 Å². The number of alkyl halides is 2. The van der Waals surface area contributed by atoms with Gasteiger partial charge in [-0.15, -0.1) is 0 Å². The van der Waals surface area contributed by atoms with Gasteiger partial charge in [0.05, 0.1) is 7.11 Å². The Hall–Kier alpha value is -1.65. The summed E-state index contributed by atoms with van der Waals surface area (Å²) in [6.07, 6.45) is 0. The maximum absolute atomic E-state index is 13.4. The number of carboxylic acid groups (broad SMARTS) is 1. The highest BCUT2D eigenvalue weighted by Gasteiger charge is 2.41. The first-order valence-electron chi connectivity index (χ1n) is 5.41. The molecule has 0 spiro atoms. The van der Waals surface area contributed by atoms with E-state index in [2.05, 4.69) is 0 Å². The predicted molar refractivity (Wildman–Crippen MR) is 63.2 cm³/mol. The number of hydrogen-bond donors (Lipinski definition) is 1. The van der Waals surface area contributed by atoms with Gasteiger partial charge in [-0.1, -0.05) is 20.8 Å². The Labute approximate surface area is 104 Å². The van der Waals surface area contributed by atoms with Crippen molar-refractivity contribution in [3.05, 3.63) is 29.3 Å². The first-order chi connectivity index (χ1) is 8.10. The molecule has 0 bridgehead atoms. The van der Waals surface area contributed by atoms with E-state index in [9.17, 15) is 13.6 Å². The summed E-state index contributed by atoms with van der Waals surface area (Å²) in [7, 11) is 1.44. The molecule has 1 N–H and O–H groups in total. The molecule has 0 aliphatic carbocycles. The summed E-state index contributed by atoms with van der Waals surface area (Å²) in [4.78, 5) is 10.6. The van der Waals surface area contributed by atoms with Crippen molar-refractivity contribution in [3.63, 3.8) is 0 Å². The second-order valence-electron chi connectivity index (χ2n) is 5.04. The zero-order valence-corrected chi connectivity index (χ0v) is 10.8. The van der Waals surface area contributed by atoms with E-state index >= 15 is 0 Å². The molecule has 0 atom stereocenters. The van der Waals surface area contributed by atoms with Crippen molar-refractivity contribution in [2.45, 2.75) is 32.1 Å². The summed E-state index contributed by atoms with van der Waals surface area (Å²) in [5.41, 5.74) is -0.417. The van der Waals surface area contributed by atoms with Crippen LogP contribution in [0.2, 0.25) is 0 Å². The Kier molecular flexibility index (Phi) is 3.64. The van der Waals surface area contributed by atoms with Crippen LogP contribution in [0.4, 0.5) is 8.78 Å². The Morgan fingerprint density at radius 3 is 2.22 bits per heavy atom. The van der Waals surface area contributed by atoms with Crippen LogP contribution in [0, 0.1) is 0 Å². The molecule has 0 amide bonds. The van der Waals surface area contributed by atoms with Gasteiger partial charge >= 0.3 is 11.9 Å². The van der Waals surface area contributed by atoms with E-state index in [1.54, 1.807) is 0 Å². The van der Waals surface area contributed by atoms with Crippen LogP contribution in [0.15, 0.2) is 18.2 Å². The highest BCUT2D eigenvalue weighted by atomic mass is 19.3. The Morgan fingerprint density at radius 2 is 1.83 bits per heavy atom. The highest BCUT2D eigenvalue weighted by Crippen LogP contribution is 2.36. The normalized spacial score (nSPS) is 12.3. The quantitative estimate of drug-likeness (QED) is 0.905. The average Bonchev–Trinajstić information content (AvgIpc) is 2.26. The maximum Gasteiger partial charge on any atom is 0.379 e. The predicted octanol–water partition coefficient (Wildman–Crippen LogP) is 3.17. The van der Waals surface area contributed by atoms with Crippen LogP contribution in [0.25, 0.3) is 0 Å². The van der Waals surface area contributed by atoms with Crippen molar-refractivity contribution >= 4 is 5.97 Å². The molecule has 5 heteroatoms. The minimum absolute atomic E-state index is 0.421. The molecular weight excluding hydrogens is 242 g/mol. The average molecular weight is 258 g/mol. The third kappa shape index (κ3) is 2.60. The smallest absolute Gasteiger partial charge is 0.379 e. The van der Waals surface area contributed by atoms with Gasteiger partial charge in [0, 0.05) is 5.56 Å². The molecule has 3 nitrogen and oxygen atoms in total. The second kappa shape index (κ2) is 4.55. The molecule has 0 aromatic heterocycles. The largest absolute Gasteiger partial charge is 0.496 e. The van der Waals surface area contributed by atoms with Gasteiger partial charge in [0.2, 0.25) is 0 Å². The van der Waals surface area contributed by atoms with E-state index in [0.29, 0.717) is 11.3 Å². The molecule has 18 heavy (non-hydrogen) atoms. The van der Waals surface area contributed by atoms with E-state index in [1.807, 2.05) is 20.8 Å². The lowest BCUT2D eigenvalue weighted by molar-refractivity contribution is -0.166. The molecule has 0 saturated heterocycles. The minimum atomic E-state index is -3.90. The lowest BCUT2D eigenvalue weighted by atomic mass is 9.84. The van der Waals surface area contributed by atoms with Crippen LogP contribution >= 0.6 is 0 Å². The number of carbonyl (C=O) groups is 1. The van der Waals surface area contributed by atoms with Gasteiger partial charge in [0.25, 0.3) is 0 Å². The van der Waals surface area contributed by atoms with Crippen molar-refractivity contribution in [3.8, 4) is 5.75 Å². The lowest BCUT2D eigenvalue weighted by Crippen LogP contribution is -2.26. The van der Waals surface area contributed by atoms with E-state index in [4.69, 9.17) is 9.84 Å². The number of ether oxygens (including phenoxy) is 1. The van der Waals surface area contributed by atoms with Crippen LogP contribution in [0.5, 0.6) is 5.75 Å². The van der Waals surface area contributed by atoms with Gasteiger partial charge in [0.1, 0.15) is 5.75 Å². The van der Waals surface area contributed by atoms with E-state index in [0.717, 1.165) is 6.07 Å². The Balaban J connectivity index is 3.41. The second-order valence-corrected chi connectivity index (χ2v) is 5.04. The van der Waals surface area contributed by atoms with Crippen molar-refractivity contribution in [1.82, 2.24) is 0 Å². The summed E-state index contributed by atoms with van der Waals surface area (Å²) in [6.45, 7) is 5.52. The van der Waals surface area contributed by atoms with E-state index in [-0.39, 0.29) is 0 Å². The van der Waals surface area contributed by atoms with Gasteiger partial charge in [-0.2, -0.15) is 8.78 Å². The fourth-order valence-corrected chi connectivity index (χ4v) is 1.61. The van der Waals surface area contributed by atoms with Gasteiger partial charge < -0.3 is 9.84 Å². The lowest BCUT2D eigenvalue weighted by Gasteiger charge is -2.24. The van der Waals surface area contributed by atoms with Gasteiger partial charge in [-0.25, -0.2) is 4.79 Å². The highest BCUT2D eigenvalue weighted by molar-refractivity contribution is 5.77. The molecule has 0 aliphatic heterocycles. The molecule has 0 radical (unpaired) electrons. The third-order valence-electron chi connectivity index (χ3n) is 2.64. The standard InChI is InChI=1S/C13H16F2O3/c1-12(2,3)9-7-8(5-6-10(9)18-4)13(14,15)11(16)17/h5-7H,1-4H3,(H,16,17). The third-order valence-corrected chi connectivity index (χ3v) is 2.64. The summed E-state index contributed by atoms with van der Waals surface area (Å²) in [5.74, 6) is -5.59. The summed E-state index contributed by atoms with van der Waals surface area (Å²) in [6, 6.07) is 3.63. The first-order valence-corrected chi connectivity index (χ1v) is 5.41. The van der Waals surface area contributed by atoms with Crippen molar-refractivity contribution in [2.75, 3.05) is 7.11 Å². The monoisotopic (exact) mass is 258 g/mol. The van der Waals surface area contributed by atoms with Gasteiger partial charge in [-0.3, -0.25) is 0 Å². The molecule has 100 valence electrons. The molecule has 0 fully saturated rings. The summed E-state index contributed by atoms with van der Waals surface area (Å²) < 4.78 is 32.0. The topological polar surface area (TPSA) is 46.5 Å². The van der Waals surface area contributed by atoms with Crippen LogP contribution in [-0.4, -0.2) is 18.2 Å². The van der Waals surface area contributed by atoms with Gasteiger partial charge in [-0.05, 0) is 29.2 Å². The van der Waals surface area contributed by atoms with Crippen LogP contribution in [0.1, 0.15) is 31.9 Å². The maximum atomic E-state index is 13.4. The summed E-state index contributed by atoms with van der Waals surface area (Å²) in [5, 5.41) is 8.53.